The molecule has 0 bridgehead atoms. The molecule has 19 heavy (non-hydrogen) atoms. The number of fused-ring (bicyclic) bond motifs is 1. The fourth-order valence-corrected chi connectivity index (χ4v) is 4.82. The quantitative estimate of drug-likeness (QED) is 0.872. The Bertz CT molecular complexity index is 407. The van der Waals surface area contributed by atoms with Crippen LogP contribution in [0.1, 0.15) is 85.8 Å². The van der Waals surface area contributed by atoms with Gasteiger partial charge in [0.2, 0.25) is 0 Å². The van der Waals surface area contributed by atoms with Gasteiger partial charge in [0.25, 0.3) is 0 Å². The molecule has 0 aliphatic heterocycles. The maximum atomic E-state index is 5.06. The fraction of sp³-hybridized carbons (Fsp3) is 0.812. The van der Waals surface area contributed by atoms with Crippen molar-refractivity contribution in [3.05, 3.63) is 15.6 Å². The zero-order chi connectivity index (χ0) is 13.1. The van der Waals surface area contributed by atoms with Gasteiger partial charge in [-0.25, -0.2) is 4.98 Å². The monoisotopic (exact) mass is 278 g/mol. The maximum Gasteiger partial charge on any atom is 0.0962 e. The highest BCUT2D eigenvalue weighted by Crippen LogP contribution is 2.40. The Labute approximate surface area is 121 Å². The molecule has 1 aromatic rings. The highest BCUT2D eigenvalue weighted by molar-refractivity contribution is 7.11. The third kappa shape index (κ3) is 3.03. The average Bonchev–Trinajstić information content (AvgIpc) is 2.90. The van der Waals surface area contributed by atoms with Crippen LogP contribution in [0.2, 0.25) is 0 Å². The minimum absolute atomic E-state index is 0.539. The van der Waals surface area contributed by atoms with Gasteiger partial charge in [0, 0.05) is 10.8 Å². The molecule has 0 amide bonds. The predicted molar refractivity (Wildman–Crippen MR) is 81.9 cm³/mol. The second-order valence-electron chi connectivity index (χ2n) is 6.09. The number of nitrogens with zero attached hydrogens (tertiary/aromatic N) is 1. The molecular weight excluding hydrogens is 252 g/mol. The van der Waals surface area contributed by atoms with Gasteiger partial charge in [0.05, 0.1) is 16.7 Å². The van der Waals surface area contributed by atoms with Crippen molar-refractivity contribution in [3.63, 3.8) is 0 Å². The fourth-order valence-electron chi connectivity index (χ4n) is 3.48. The summed E-state index contributed by atoms with van der Waals surface area (Å²) in [7, 11) is 0. The molecule has 1 aromatic heterocycles. The first-order valence-electron chi connectivity index (χ1n) is 8.11. The van der Waals surface area contributed by atoms with Crippen LogP contribution in [0.4, 0.5) is 0 Å². The van der Waals surface area contributed by atoms with Crippen LogP contribution in [0.5, 0.6) is 0 Å². The van der Waals surface area contributed by atoms with E-state index in [0.29, 0.717) is 6.04 Å². The number of nitrogens with one attached hydrogen (secondary N) is 1. The van der Waals surface area contributed by atoms with Gasteiger partial charge in [-0.1, -0.05) is 26.2 Å². The molecule has 3 rings (SSSR count). The van der Waals surface area contributed by atoms with Gasteiger partial charge < -0.3 is 5.32 Å². The van der Waals surface area contributed by atoms with E-state index < -0.39 is 0 Å². The van der Waals surface area contributed by atoms with E-state index in [0.717, 1.165) is 12.5 Å². The molecule has 0 radical (unpaired) electrons. The third-order valence-corrected chi connectivity index (χ3v) is 5.86. The Morgan fingerprint density at radius 3 is 2.79 bits per heavy atom. The number of hydrogen-bond donors (Lipinski definition) is 1. The first-order chi connectivity index (χ1) is 9.38. The van der Waals surface area contributed by atoms with Crippen LogP contribution in [-0.2, 0) is 6.42 Å². The van der Waals surface area contributed by atoms with Crippen LogP contribution in [0, 0.1) is 0 Å². The minimum Gasteiger partial charge on any atom is -0.309 e. The number of aryl methyl sites for hydroxylation is 1. The second-order valence-corrected chi connectivity index (χ2v) is 7.21. The predicted octanol–water partition coefficient (Wildman–Crippen LogP) is 4.57. The Morgan fingerprint density at radius 2 is 2.00 bits per heavy atom. The second kappa shape index (κ2) is 6.36. The first kappa shape index (κ1) is 13.6. The highest BCUT2D eigenvalue weighted by atomic mass is 32.1. The summed E-state index contributed by atoms with van der Waals surface area (Å²) in [5.41, 5.74) is 1.41. The van der Waals surface area contributed by atoms with E-state index >= 15 is 0 Å². The van der Waals surface area contributed by atoms with E-state index in [2.05, 4.69) is 12.2 Å². The molecule has 2 aliphatic carbocycles. The van der Waals surface area contributed by atoms with Crippen LogP contribution in [-0.4, -0.2) is 11.5 Å². The molecule has 1 N–H and O–H groups in total. The van der Waals surface area contributed by atoms with Crippen molar-refractivity contribution in [2.45, 2.75) is 76.7 Å². The Balaban J connectivity index is 1.76. The Kier molecular flexibility index (Phi) is 4.54. The van der Waals surface area contributed by atoms with Crippen molar-refractivity contribution in [3.8, 4) is 0 Å². The molecular formula is C16H26N2S. The lowest BCUT2D eigenvalue weighted by molar-refractivity contribution is 0.433. The maximum absolute atomic E-state index is 5.06. The summed E-state index contributed by atoms with van der Waals surface area (Å²) in [5.74, 6) is 0.774. The first-order valence-corrected chi connectivity index (χ1v) is 8.93. The van der Waals surface area contributed by atoms with Crippen molar-refractivity contribution in [1.29, 1.82) is 0 Å². The molecule has 1 atom stereocenters. The molecule has 0 spiro atoms. The van der Waals surface area contributed by atoms with Gasteiger partial charge >= 0.3 is 0 Å². The molecule has 0 saturated heterocycles. The topological polar surface area (TPSA) is 24.9 Å². The van der Waals surface area contributed by atoms with E-state index in [1.54, 1.807) is 4.88 Å². The van der Waals surface area contributed by atoms with Crippen molar-refractivity contribution in [1.82, 2.24) is 10.3 Å². The number of rotatable bonds is 4. The normalized spacial score (nSPS) is 24.4. The lowest BCUT2D eigenvalue weighted by Gasteiger charge is -2.22. The number of thiazole rings is 1. The van der Waals surface area contributed by atoms with Crippen LogP contribution in [0.3, 0.4) is 0 Å². The van der Waals surface area contributed by atoms with Gasteiger partial charge in [0.15, 0.2) is 0 Å². The van der Waals surface area contributed by atoms with E-state index in [9.17, 15) is 0 Å². The molecule has 1 heterocycles. The number of hydrogen-bond acceptors (Lipinski definition) is 3. The Hall–Kier alpha value is -0.410. The smallest absolute Gasteiger partial charge is 0.0962 e. The third-order valence-electron chi connectivity index (χ3n) is 4.57. The van der Waals surface area contributed by atoms with E-state index in [-0.39, 0.29) is 0 Å². The summed E-state index contributed by atoms with van der Waals surface area (Å²) in [6.45, 7) is 3.37. The summed E-state index contributed by atoms with van der Waals surface area (Å²) < 4.78 is 0. The zero-order valence-corrected chi connectivity index (χ0v) is 12.9. The highest BCUT2D eigenvalue weighted by Gasteiger charge is 2.27. The van der Waals surface area contributed by atoms with Crippen LogP contribution >= 0.6 is 11.3 Å². The van der Waals surface area contributed by atoms with Gasteiger partial charge in [-0.3, -0.25) is 0 Å². The van der Waals surface area contributed by atoms with Crippen molar-refractivity contribution >= 4 is 11.3 Å². The van der Waals surface area contributed by atoms with Crippen LogP contribution in [0.15, 0.2) is 0 Å². The van der Waals surface area contributed by atoms with Gasteiger partial charge in [0.1, 0.15) is 0 Å². The van der Waals surface area contributed by atoms with Crippen molar-refractivity contribution in [2.24, 2.45) is 0 Å². The molecule has 3 heteroatoms. The molecule has 2 aliphatic rings. The van der Waals surface area contributed by atoms with Gasteiger partial charge in [-0.15, -0.1) is 11.3 Å². The molecule has 2 nitrogen and oxygen atoms in total. The summed E-state index contributed by atoms with van der Waals surface area (Å²) in [4.78, 5) is 6.65. The standard InChI is InChI=1S/C16H26N2S/c1-2-11-17-13-9-6-10-14-15(13)18-16(19-14)12-7-4-3-5-8-12/h12-13,17H,2-11H2,1H3. The average molecular weight is 278 g/mol. The summed E-state index contributed by atoms with van der Waals surface area (Å²) >= 11 is 2.03. The SMILES string of the molecule is CCCNC1CCCc2sc(C3CCCCC3)nc21. The minimum atomic E-state index is 0.539. The van der Waals surface area contributed by atoms with Crippen LogP contribution in [0.25, 0.3) is 0 Å². The summed E-state index contributed by atoms with van der Waals surface area (Å²) in [5, 5.41) is 5.14. The summed E-state index contributed by atoms with van der Waals surface area (Å²) in [6.07, 6.45) is 12.1. The van der Waals surface area contributed by atoms with Gasteiger partial charge in [-0.2, -0.15) is 0 Å². The zero-order valence-electron chi connectivity index (χ0n) is 12.1. The van der Waals surface area contributed by atoms with E-state index in [1.807, 2.05) is 11.3 Å². The largest absolute Gasteiger partial charge is 0.309 e. The molecule has 106 valence electrons. The molecule has 0 aromatic carbocycles. The molecule has 1 fully saturated rings. The van der Waals surface area contributed by atoms with E-state index in [1.165, 1.54) is 68.5 Å². The lowest BCUT2D eigenvalue weighted by atomic mass is 9.90. The van der Waals surface area contributed by atoms with Crippen LogP contribution < -0.4 is 5.32 Å². The van der Waals surface area contributed by atoms with Crippen molar-refractivity contribution in [2.75, 3.05) is 6.54 Å². The summed E-state index contributed by atoms with van der Waals surface area (Å²) in [6, 6.07) is 0.539. The van der Waals surface area contributed by atoms with E-state index in [4.69, 9.17) is 4.98 Å². The molecule has 1 unspecified atom stereocenters. The Morgan fingerprint density at radius 1 is 1.16 bits per heavy atom. The molecule has 1 saturated carbocycles. The number of aromatic nitrogens is 1. The van der Waals surface area contributed by atoms with Crippen molar-refractivity contribution < 1.29 is 0 Å². The van der Waals surface area contributed by atoms with Gasteiger partial charge in [-0.05, 0) is 45.1 Å². The lowest BCUT2D eigenvalue weighted by Crippen LogP contribution is -2.25.